The number of hydrogen-bond donors (Lipinski definition) is 0. The average molecular weight is 181 g/mol. The zero-order valence-corrected chi connectivity index (χ0v) is 9.34. The highest BCUT2D eigenvalue weighted by molar-refractivity contribution is 4.87. The van der Waals surface area contributed by atoms with Crippen LogP contribution in [0.3, 0.4) is 0 Å². The predicted molar refractivity (Wildman–Crippen MR) is 56.8 cm³/mol. The maximum absolute atomic E-state index is 2.71. The monoisotopic (exact) mass is 181 g/mol. The van der Waals surface area contributed by atoms with Gasteiger partial charge in [-0.1, -0.05) is 0 Å². The molecule has 0 spiro atoms. The Hall–Kier alpha value is -0.0400. The Kier molecular flexibility index (Phi) is 2.39. The normalized spacial score (nSPS) is 36.2. The smallest absolute Gasteiger partial charge is 0.0125 e. The largest absolute Gasteiger partial charge is 0.298 e. The van der Waals surface area contributed by atoms with Gasteiger partial charge in [0.1, 0.15) is 0 Å². The second-order valence-electron chi connectivity index (χ2n) is 5.96. The summed E-state index contributed by atoms with van der Waals surface area (Å²) in [7, 11) is 0. The Morgan fingerprint density at radius 2 is 1.23 bits per heavy atom. The van der Waals surface area contributed by atoms with Crippen molar-refractivity contribution in [1.29, 1.82) is 0 Å². The summed E-state index contributed by atoms with van der Waals surface area (Å²) in [6, 6.07) is 0. The molecule has 2 aliphatic heterocycles. The van der Waals surface area contributed by atoms with E-state index in [2.05, 4.69) is 25.7 Å². The van der Waals surface area contributed by atoms with Gasteiger partial charge in [-0.15, -0.1) is 0 Å². The molecule has 1 saturated carbocycles. The van der Waals surface area contributed by atoms with Crippen molar-refractivity contribution in [3.63, 3.8) is 0 Å². The van der Waals surface area contributed by atoms with Crippen molar-refractivity contribution >= 4 is 0 Å². The van der Waals surface area contributed by atoms with E-state index in [9.17, 15) is 0 Å². The second-order valence-corrected chi connectivity index (χ2v) is 5.96. The molecule has 0 amide bonds. The quantitative estimate of drug-likeness (QED) is 0.555. The van der Waals surface area contributed by atoms with Crippen molar-refractivity contribution in [2.75, 3.05) is 13.1 Å². The zero-order chi connectivity index (χ0) is 9.47. The lowest BCUT2D eigenvalue weighted by molar-refractivity contribution is 0.123. The zero-order valence-electron chi connectivity index (χ0n) is 9.34. The van der Waals surface area contributed by atoms with E-state index in [1.165, 1.54) is 38.8 Å². The van der Waals surface area contributed by atoms with E-state index >= 15 is 0 Å². The molecule has 3 fully saturated rings. The van der Waals surface area contributed by atoms with Gasteiger partial charge in [-0.3, -0.25) is 4.90 Å². The Bertz CT molecular complexity index is 158. The van der Waals surface area contributed by atoms with Crippen LogP contribution in [-0.4, -0.2) is 23.5 Å². The highest BCUT2D eigenvalue weighted by Crippen LogP contribution is 2.36. The van der Waals surface area contributed by atoms with Crippen molar-refractivity contribution in [2.24, 2.45) is 11.8 Å². The minimum atomic E-state index is 0.394. The van der Waals surface area contributed by atoms with E-state index in [-0.39, 0.29) is 0 Å². The van der Waals surface area contributed by atoms with Crippen LogP contribution in [0.5, 0.6) is 0 Å². The van der Waals surface area contributed by atoms with Crippen molar-refractivity contribution in [3.8, 4) is 0 Å². The van der Waals surface area contributed by atoms with Gasteiger partial charge in [0, 0.05) is 18.6 Å². The maximum Gasteiger partial charge on any atom is 0.0125 e. The first-order chi connectivity index (χ1) is 6.05. The van der Waals surface area contributed by atoms with Crippen molar-refractivity contribution in [2.45, 2.75) is 52.0 Å². The van der Waals surface area contributed by atoms with Crippen LogP contribution in [0.15, 0.2) is 0 Å². The lowest BCUT2D eigenvalue weighted by atomic mass is 9.84. The van der Waals surface area contributed by atoms with E-state index in [4.69, 9.17) is 0 Å². The summed E-state index contributed by atoms with van der Waals surface area (Å²) in [6.45, 7) is 9.80. The molecule has 2 saturated heterocycles. The molecule has 1 aliphatic carbocycles. The maximum atomic E-state index is 2.71. The second kappa shape index (κ2) is 3.27. The molecule has 0 unspecified atom stereocenters. The molecule has 76 valence electrons. The van der Waals surface area contributed by atoms with Crippen LogP contribution < -0.4 is 0 Å². The average Bonchev–Trinajstić information content (AvgIpc) is 2.34. The highest BCUT2D eigenvalue weighted by atomic mass is 15.2. The van der Waals surface area contributed by atoms with Crippen LogP contribution in [0.1, 0.15) is 46.5 Å². The molecule has 2 heterocycles. The number of nitrogens with zero attached hydrogens (tertiary/aromatic N) is 1. The lowest BCUT2D eigenvalue weighted by Crippen LogP contribution is -2.43. The molecular formula is C12H23N. The molecule has 1 heteroatoms. The molecule has 3 rings (SSSR count). The van der Waals surface area contributed by atoms with Crippen LogP contribution in [-0.2, 0) is 0 Å². The fraction of sp³-hybridized carbons (Fsp3) is 1.00. The molecule has 0 aromatic rings. The van der Waals surface area contributed by atoms with Gasteiger partial charge in [-0.2, -0.15) is 0 Å². The van der Waals surface area contributed by atoms with Gasteiger partial charge in [0.15, 0.2) is 0 Å². The molecule has 0 aromatic heterocycles. The van der Waals surface area contributed by atoms with Crippen LogP contribution in [0.25, 0.3) is 0 Å². The summed E-state index contributed by atoms with van der Waals surface area (Å²) in [5, 5.41) is 0. The van der Waals surface area contributed by atoms with E-state index in [0.29, 0.717) is 5.54 Å². The van der Waals surface area contributed by atoms with Crippen molar-refractivity contribution in [3.05, 3.63) is 0 Å². The van der Waals surface area contributed by atoms with Gasteiger partial charge in [0.25, 0.3) is 0 Å². The summed E-state index contributed by atoms with van der Waals surface area (Å²) in [6.07, 6.45) is 5.99. The summed E-state index contributed by atoms with van der Waals surface area (Å²) in [4.78, 5) is 2.71. The van der Waals surface area contributed by atoms with Gasteiger partial charge in [-0.05, 0) is 58.3 Å². The first kappa shape index (κ1) is 9.51. The standard InChI is InChI=1S/C12H23N/c1-12(2,3)13-8-10-4-5-11(9-13)7-6-10/h10-11H,4-9H2,1-3H3. The molecular weight excluding hydrogens is 158 g/mol. The Morgan fingerprint density at radius 1 is 0.846 bits per heavy atom. The third kappa shape index (κ3) is 2.07. The van der Waals surface area contributed by atoms with E-state index in [1.54, 1.807) is 0 Å². The summed E-state index contributed by atoms with van der Waals surface area (Å²) >= 11 is 0. The number of rotatable bonds is 0. The molecule has 0 N–H and O–H groups in total. The molecule has 3 aliphatic rings. The fourth-order valence-electron chi connectivity index (χ4n) is 2.84. The van der Waals surface area contributed by atoms with Gasteiger partial charge in [-0.25, -0.2) is 0 Å². The molecule has 0 atom stereocenters. The first-order valence-corrected chi connectivity index (χ1v) is 5.81. The number of hydrogen-bond acceptors (Lipinski definition) is 1. The van der Waals surface area contributed by atoms with E-state index in [1.807, 2.05) is 0 Å². The fourth-order valence-corrected chi connectivity index (χ4v) is 2.84. The third-order valence-electron chi connectivity index (χ3n) is 3.87. The Balaban J connectivity index is 2.07. The molecule has 0 aromatic carbocycles. The Labute approximate surface area is 82.5 Å². The van der Waals surface area contributed by atoms with E-state index < -0.39 is 0 Å². The highest BCUT2D eigenvalue weighted by Gasteiger charge is 2.33. The summed E-state index contributed by atoms with van der Waals surface area (Å²) in [5.41, 5.74) is 0.394. The topological polar surface area (TPSA) is 3.24 Å². The lowest BCUT2D eigenvalue weighted by Gasteiger charge is -2.36. The SMILES string of the molecule is CC(C)(C)N1CC2CCC(CC2)C1. The Morgan fingerprint density at radius 3 is 1.54 bits per heavy atom. The van der Waals surface area contributed by atoms with Crippen LogP contribution in [0, 0.1) is 11.8 Å². The van der Waals surface area contributed by atoms with E-state index in [0.717, 1.165) is 11.8 Å². The van der Waals surface area contributed by atoms with Gasteiger partial charge < -0.3 is 0 Å². The van der Waals surface area contributed by atoms with Gasteiger partial charge in [0.2, 0.25) is 0 Å². The van der Waals surface area contributed by atoms with Crippen LogP contribution in [0.4, 0.5) is 0 Å². The molecule has 1 nitrogen and oxygen atoms in total. The summed E-state index contributed by atoms with van der Waals surface area (Å²) < 4.78 is 0. The third-order valence-corrected chi connectivity index (χ3v) is 3.87. The number of fused-ring (bicyclic) bond motifs is 4. The van der Waals surface area contributed by atoms with Crippen LogP contribution >= 0.6 is 0 Å². The molecule has 13 heavy (non-hydrogen) atoms. The predicted octanol–water partition coefficient (Wildman–Crippen LogP) is 2.91. The first-order valence-electron chi connectivity index (χ1n) is 5.81. The van der Waals surface area contributed by atoms with Crippen molar-refractivity contribution in [1.82, 2.24) is 4.90 Å². The van der Waals surface area contributed by atoms with Crippen molar-refractivity contribution < 1.29 is 0 Å². The summed E-state index contributed by atoms with van der Waals surface area (Å²) in [5.74, 6) is 2.02. The molecule has 0 radical (unpaired) electrons. The minimum absolute atomic E-state index is 0.394. The van der Waals surface area contributed by atoms with Gasteiger partial charge in [0.05, 0.1) is 0 Å². The van der Waals surface area contributed by atoms with Gasteiger partial charge >= 0.3 is 0 Å². The van der Waals surface area contributed by atoms with Crippen LogP contribution in [0.2, 0.25) is 0 Å². The minimum Gasteiger partial charge on any atom is -0.298 e. The molecule has 2 bridgehead atoms.